The van der Waals surface area contributed by atoms with Crippen LogP contribution in [-0.2, 0) is 0 Å². The lowest BCUT2D eigenvalue weighted by molar-refractivity contribution is 0.0698. The molecule has 3 N–H and O–H groups in total. The number of halogens is 1. The Morgan fingerprint density at radius 3 is 3.00 bits per heavy atom. The third kappa shape index (κ3) is 4.26. The van der Waals surface area contributed by atoms with Crippen molar-refractivity contribution in [3.05, 3.63) is 29.6 Å². The van der Waals surface area contributed by atoms with Crippen LogP contribution in [0, 0.1) is 5.82 Å². The maximum atomic E-state index is 13.6. The van der Waals surface area contributed by atoms with Gasteiger partial charge in [-0.05, 0) is 37.6 Å². The summed E-state index contributed by atoms with van der Waals surface area (Å²) in [6, 6.07) is 4.09. The normalized spacial score (nSPS) is 17.5. The smallest absolute Gasteiger partial charge is 0.343 e. The molecule has 0 amide bonds. The summed E-state index contributed by atoms with van der Waals surface area (Å²) in [6.45, 7) is 2.12. The fourth-order valence-corrected chi connectivity index (χ4v) is 3.49. The minimum Gasteiger partial charge on any atom is -0.494 e. The third-order valence-electron chi connectivity index (χ3n) is 4.97. The van der Waals surface area contributed by atoms with Gasteiger partial charge in [-0.15, -0.1) is 0 Å². The number of methoxy groups -OCH3 is 1. The number of anilines is 1. The monoisotopic (exact) mass is 393 g/mol. The molecule has 0 saturated carbocycles. The van der Waals surface area contributed by atoms with E-state index < -0.39 is 11.8 Å². The number of carbonyl (C=O) groups is 1. The number of likely N-dealkylation sites (tertiary alicyclic amines) is 1. The van der Waals surface area contributed by atoms with Crippen LogP contribution >= 0.6 is 0 Å². The maximum Gasteiger partial charge on any atom is 0.343 e. The van der Waals surface area contributed by atoms with Gasteiger partial charge in [0.25, 0.3) is 0 Å². The Morgan fingerprint density at radius 2 is 2.29 bits per heavy atom. The maximum absolute atomic E-state index is 13.6. The number of hydrogen-bond donors (Lipinski definition) is 3. The van der Waals surface area contributed by atoms with Crippen LogP contribution in [0.2, 0.25) is 0 Å². The van der Waals surface area contributed by atoms with E-state index in [1.54, 1.807) is 0 Å². The van der Waals surface area contributed by atoms with Crippen LogP contribution in [0.25, 0.3) is 11.3 Å². The second kappa shape index (κ2) is 9.03. The summed E-state index contributed by atoms with van der Waals surface area (Å²) >= 11 is 0. The number of piperidine rings is 1. The number of aromatic carboxylic acids is 1. The van der Waals surface area contributed by atoms with Gasteiger partial charge in [-0.25, -0.2) is 9.18 Å². The highest BCUT2D eigenvalue weighted by atomic mass is 19.1. The first kappa shape index (κ1) is 20.1. The Morgan fingerprint density at radius 1 is 1.46 bits per heavy atom. The van der Waals surface area contributed by atoms with Gasteiger partial charge >= 0.3 is 5.97 Å². The molecule has 2 heterocycles. The van der Waals surface area contributed by atoms with Gasteiger partial charge in [-0.3, -0.25) is 4.90 Å². The van der Waals surface area contributed by atoms with Crippen LogP contribution in [0.5, 0.6) is 5.75 Å². The molecule has 9 heteroatoms. The lowest BCUT2D eigenvalue weighted by Crippen LogP contribution is -2.44. The highest BCUT2D eigenvalue weighted by Gasteiger charge is 2.25. The summed E-state index contributed by atoms with van der Waals surface area (Å²) in [5.74, 6) is -1.63. The average Bonchev–Trinajstić information content (AvgIpc) is 3.13. The molecule has 1 atom stereocenters. The van der Waals surface area contributed by atoms with Gasteiger partial charge in [0.05, 0.1) is 13.7 Å². The molecule has 8 nitrogen and oxygen atoms in total. The van der Waals surface area contributed by atoms with Crippen LogP contribution in [0.4, 0.5) is 10.2 Å². The van der Waals surface area contributed by atoms with E-state index in [0.29, 0.717) is 18.7 Å². The van der Waals surface area contributed by atoms with Crippen LogP contribution < -0.4 is 10.1 Å². The second-order valence-corrected chi connectivity index (χ2v) is 6.68. The Labute approximate surface area is 161 Å². The van der Waals surface area contributed by atoms with Crippen molar-refractivity contribution in [2.45, 2.75) is 25.3 Å². The average molecular weight is 393 g/mol. The molecule has 1 saturated heterocycles. The minimum atomic E-state index is -1.20. The number of aliphatic hydroxyl groups excluding tert-OH is 1. The van der Waals surface area contributed by atoms with Crippen molar-refractivity contribution in [2.75, 3.05) is 38.7 Å². The molecule has 28 heavy (non-hydrogen) atoms. The summed E-state index contributed by atoms with van der Waals surface area (Å²) < 4.78 is 23.8. The molecule has 2 aromatic rings. The zero-order valence-corrected chi connectivity index (χ0v) is 15.7. The predicted octanol–water partition coefficient (Wildman–Crippen LogP) is 2.45. The van der Waals surface area contributed by atoms with Crippen molar-refractivity contribution in [3.63, 3.8) is 0 Å². The van der Waals surface area contributed by atoms with E-state index in [1.807, 2.05) is 0 Å². The zero-order chi connectivity index (χ0) is 20.1. The molecule has 152 valence electrons. The number of aliphatic hydroxyl groups is 1. The summed E-state index contributed by atoms with van der Waals surface area (Å²) in [4.78, 5) is 14.0. The fourth-order valence-electron chi connectivity index (χ4n) is 3.49. The quantitative estimate of drug-likeness (QED) is 0.628. The van der Waals surface area contributed by atoms with E-state index in [9.17, 15) is 19.4 Å². The Balaban J connectivity index is 1.75. The van der Waals surface area contributed by atoms with E-state index in [4.69, 9.17) is 9.26 Å². The van der Waals surface area contributed by atoms with Crippen molar-refractivity contribution < 1.29 is 28.7 Å². The van der Waals surface area contributed by atoms with E-state index in [1.165, 1.54) is 25.3 Å². The molecular formula is C19H24FN3O5. The van der Waals surface area contributed by atoms with Crippen LogP contribution in [0.1, 0.15) is 29.6 Å². The first-order chi connectivity index (χ1) is 13.5. The summed E-state index contributed by atoms with van der Waals surface area (Å²) in [5.41, 5.74) is 0.235. The summed E-state index contributed by atoms with van der Waals surface area (Å²) in [5, 5.41) is 25.9. The molecule has 0 spiro atoms. The van der Waals surface area contributed by atoms with Gasteiger partial charge in [0.15, 0.2) is 28.7 Å². The number of hydrogen-bond acceptors (Lipinski definition) is 7. The highest BCUT2D eigenvalue weighted by molar-refractivity contribution is 5.99. The Bertz CT molecular complexity index is 826. The first-order valence-electron chi connectivity index (χ1n) is 9.20. The SMILES string of the molecule is COc1cc(-c2onc(NCCN3CCCCC3CO)c2C(=O)O)ccc1F. The molecule has 0 bridgehead atoms. The molecule has 0 radical (unpaired) electrons. The van der Waals surface area contributed by atoms with Crippen LogP contribution in [-0.4, -0.2) is 65.6 Å². The molecule has 1 fully saturated rings. The van der Waals surface area contributed by atoms with E-state index in [-0.39, 0.29) is 35.5 Å². The van der Waals surface area contributed by atoms with Crippen molar-refractivity contribution in [1.82, 2.24) is 10.1 Å². The van der Waals surface area contributed by atoms with E-state index in [2.05, 4.69) is 15.4 Å². The largest absolute Gasteiger partial charge is 0.494 e. The standard InChI is InChI=1S/C19H24FN3O5/c1-27-15-10-12(5-6-14(15)20)17-16(19(25)26)18(22-28-17)21-7-9-23-8-3-2-4-13(23)11-24/h5-6,10,13,24H,2-4,7-9,11H2,1H3,(H,21,22)(H,25,26). The fraction of sp³-hybridized carbons (Fsp3) is 0.474. The summed E-state index contributed by atoms with van der Waals surface area (Å²) in [6.07, 6.45) is 3.14. The van der Waals surface area contributed by atoms with E-state index >= 15 is 0 Å². The predicted molar refractivity (Wildman–Crippen MR) is 100 cm³/mol. The lowest BCUT2D eigenvalue weighted by Gasteiger charge is -2.34. The van der Waals surface area contributed by atoms with Crippen molar-refractivity contribution in [1.29, 1.82) is 0 Å². The Kier molecular flexibility index (Phi) is 6.48. The minimum absolute atomic E-state index is 0.0140. The Hall–Kier alpha value is -2.65. The number of nitrogens with zero attached hydrogens (tertiary/aromatic N) is 2. The second-order valence-electron chi connectivity index (χ2n) is 6.68. The van der Waals surface area contributed by atoms with Gasteiger partial charge in [-0.2, -0.15) is 0 Å². The molecule has 1 aromatic carbocycles. The molecule has 1 aromatic heterocycles. The molecular weight excluding hydrogens is 369 g/mol. The molecule has 1 aliphatic rings. The van der Waals surface area contributed by atoms with Crippen molar-refractivity contribution >= 4 is 11.8 Å². The number of aromatic nitrogens is 1. The van der Waals surface area contributed by atoms with E-state index in [0.717, 1.165) is 25.8 Å². The summed E-state index contributed by atoms with van der Waals surface area (Å²) in [7, 11) is 1.33. The number of rotatable bonds is 8. The lowest BCUT2D eigenvalue weighted by atomic mass is 10.0. The molecule has 1 aliphatic heterocycles. The van der Waals surface area contributed by atoms with Gasteiger partial charge in [-0.1, -0.05) is 11.6 Å². The van der Waals surface area contributed by atoms with Crippen molar-refractivity contribution in [3.8, 4) is 17.1 Å². The topological polar surface area (TPSA) is 108 Å². The number of benzene rings is 1. The molecule has 0 aliphatic carbocycles. The van der Waals surface area contributed by atoms with Crippen molar-refractivity contribution in [2.24, 2.45) is 0 Å². The zero-order valence-electron chi connectivity index (χ0n) is 15.7. The first-order valence-corrected chi connectivity index (χ1v) is 9.20. The number of ether oxygens (including phenoxy) is 1. The van der Waals surface area contributed by atoms with Gasteiger partial charge in [0, 0.05) is 24.7 Å². The van der Waals surface area contributed by atoms with Gasteiger partial charge in [0.1, 0.15) is 0 Å². The highest BCUT2D eigenvalue weighted by Crippen LogP contribution is 2.32. The number of carboxylic acid groups (broad SMARTS) is 1. The van der Waals surface area contributed by atoms with Crippen LogP contribution in [0.15, 0.2) is 22.7 Å². The number of carboxylic acids is 1. The van der Waals surface area contributed by atoms with Gasteiger partial charge in [0.2, 0.25) is 0 Å². The molecule has 3 rings (SSSR count). The third-order valence-corrected chi connectivity index (χ3v) is 4.97. The molecule has 1 unspecified atom stereocenters. The van der Waals surface area contributed by atoms with Gasteiger partial charge < -0.3 is 24.8 Å². The van der Waals surface area contributed by atoms with Crippen LogP contribution in [0.3, 0.4) is 0 Å². The number of nitrogens with one attached hydrogen (secondary N) is 1.